The van der Waals surface area contributed by atoms with Crippen LogP contribution in [0.25, 0.3) is 32.6 Å². The zero-order valence-electron chi connectivity index (χ0n) is 29.0. The van der Waals surface area contributed by atoms with Gasteiger partial charge in [0.2, 0.25) is 5.43 Å². The molecule has 0 saturated carbocycles. The summed E-state index contributed by atoms with van der Waals surface area (Å²) in [5.41, 5.74) is 1.03. The zero-order valence-corrected chi connectivity index (χ0v) is 29.8. The molecule has 0 bridgehead atoms. The summed E-state index contributed by atoms with van der Waals surface area (Å²) in [6.45, 7) is 7.26. The molecule has 1 aliphatic rings. The molecule has 0 atom stereocenters. The zero-order chi connectivity index (χ0) is 36.2. The number of halogens is 3. The average molecular weight is 712 g/mol. The van der Waals surface area contributed by atoms with Gasteiger partial charge >= 0.3 is 12.2 Å². The summed E-state index contributed by atoms with van der Waals surface area (Å²) >= 11 is 0.837. The van der Waals surface area contributed by atoms with E-state index in [1.54, 1.807) is 30.5 Å². The Labute approximate surface area is 293 Å². The smallest absolute Gasteiger partial charge is 0.351 e. The molecule has 2 aromatic heterocycles. The van der Waals surface area contributed by atoms with Gasteiger partial charge in [-0.2, -0.15) is 13.2 Å². The van der Waals surface area contributed by atoms with Gasteiger partial charge in [0, 0.05) is 53.9 Å². The predicted molar refractivity (Wildman–Crippen MR) is 193 cm³/mol. The topological polar surface area (TPSA) is 112 Å². The number of urea groups is 1. The quantitative estimate of drug-likeness (QED) is 0.167. The summed E-state index contributed by atoms with van der Waals surface area (Å²) in [5, 5.41) is 9.71. The number of fused-ring (bicyclic) bond motifs is 1. The Hall–Kier alpha value is -4.27. The summed E-state index contributed by atoms with van der Waals surface area (Å²) in [4.78, 5) is 48.0. The lowest BCUT2D eigenvalue weighted by atomic mass is 9.93. The summed E-state index contributed by atoms with van der Waals surface area (Å²) in [5.74, 6) is 0.0601. The van der Waals surface area contributed by atoms with Crippen LogP contribution in [0.1, 0.15) is 49.2 Å². The Kier molecular flexibility index (Phi) is 11.6. The Balaban J connectivity index is 1.59. The number of hydrogen-bond donors (Lipinski definition) is 3. The van der Waals surface area contributed by atoms with Crippen LogP contribution in [0.2, 0.25) is 0 Å². The van der Waals surface area contributed by atoms with Gasteiger partial charge in [-0.1, -0.05) is 12.1 Å². The van der Waals surface area contributed by atoms with Crippen molar-refractivity contribution in [1.29, 1.82) is 0 Å². The van der Waals surface area contributed by atoms with Gasteiger partial charge in [-0.3, -0.25) is 9.59 Å². The first-order chi connectivity index (χ1) is 23.7. The first-order valence-corrected chi connectivity index (χ1v) is 17.6. The minimum atomic E-state index is -4.63. The molecule has 14 heteroatoms. The van der Waals surface area contributed by atoms with Crippen molar-refractivity contribution in [2.24, 2.45) is 5.92 Å². The number of pyridine rings is 1. The lowest BCUT2D eigenvalue weighted by molar-refractivity contribution is -0.140. The molecule has 2 aromatic carbocycles. The van der Waals surface area contributed by atoms with E-state index in [-0.39, 0.29) is 16.6 Å². The minimum Gasteiger partial charge on any atom is -0.351 e. The lowest BCUT2D eigenvalue weighted by Crippen LogP contribution is -2.34. The van der Waals surface area contributed by atoms with E-state index in [1.807, 2.05) is 49.5 Å². The Morgan fingerprint density at radius 2 is 1.82 bits per heavy atom. The molecule has 0 spiro atoms. The molecule has 1 saturated heterocycles. The normalized spacial score (nSPS) is 14.4. The van der Waals surface area contributed by atoms with E-state index >= 15 is 0 Å². The highest BCUT2D eigenvalue weighted by molar-refractivity contribution is 7.13. The van der Waals surface area contributed by atoms with Crippen LogP contribution in [0.3, 0.4) is 0 Å². The monoisotopic (exact) mass is 711 g/mol. The molecule has 5 rings (SSSR count). The van der Waals surface area contributed by atoms with E-state index in [0.29, 0.717) is 58.8 Å². The average Bonchev–Trinajstić information content (AvgIpc) is 3.56. The third-order valence-electron chi connectivity index (χ3n) is 8.82. The fraction of sp³-hybridized carbons (Fsp3) is 0.444. The number of anilines is 1. The minimum absolute atomic E-state index is 0.0301. The van der Waals surface area contributed by atoms with Gasteiger partial charge in [-0.25, -0.2) is 9.78 Å². The van der Waals surface area contributed by atoms with Crippen molar-refractivity contribution in [2.75, 3.05) is 52.6 Å². The summed E-state index contributed by atoms with van der Waals surface area (Å²) in [6, 6.07) is 9.65. The standard InChI is InChI=1S/C36H44F3N7O3S/c1-22(2)41-35(49)42-25-7-8-26(27(19-25)34-43-31(21-50-34)36(37,38)39)24-6-9-30-28(18-24)32(47)29(33(48)40-13-17-44(3)4)20-46(30)16-12-23-10-14-45(5)15-11-23/h6-9,18-23H,10-17H2,1-5H3,(H,40,48)(H2,41,42,49). The number of aromatic nitrogens is 2. The number of nitrogens with zero attached hydrogens (tertiary/aromatic N) is 4. The van der Waals surface area contributed by atoms with Crippen molar-refractivity contribution < 1.29 is 22.8 Å². The first-order valence-electron chi connectivity index (χ1n) is 16.7. The third-order valence-corrected chi connectivity index (χ3v) is 9.69. The molecule has 0 unspecified atom stereocenters. The van der Waals surface area contributed by atoms with Crippen molar-refractivity contribution in [1.82, 2.24) is 30.0 Å². The molecular weight excluding hydrogens is 668 g/mol. The second kappa shape index (κ2) is 15.7. The van der Waals surface area contributed by atoms with Crippen LogP contribution in [0.5, 0.6) is 0 Å². The van der Waals surface area contributed by atoms with Gasteiger partial charge in [0.1, 0.15) is 10.6 Å². The molecule has 3 amide bonds. The van der Waals surface area contributed by atoms with E-state index in [9.17, 15) is 27.6 Å². The molecule has 3 heterocycles. The van der Waals surface area contributed by atoms with E-state index in [2.05, 4.69) is 32.9 Å². The fourth-order valence-electron chi connectivity index (χ4n) is 6.08. The summed E-state index contributed by atoms with van der Waals surface area (Å²) in [7, 11) is 5.91. The number of hydrogen-bond acceptors (Lipinski definition) is 7. The highest BCUT2D eigenvalue weighted by Gasteiger charge is 2.34. The second-order valence-corrected chi connectivity index (χ2v) is 14.3. The second-order valence-electron chi connectivity index (χ2n) is 13.4. The number of rotatable bonds is 11. The Bertz CT molecular complexity index is 1900. The number of carbonyl (C=O) groups is 2. The first kappa shape index (κ1) is 37.0. The largest absolute Gasteiger partial charge is 0.434 e. The molecule has 50 heavy (non-hydrogen) atoms. The molecule has 268 valence electrons. The number of aryl methyl sites for hydroxylation is 1. The number of amides is 3. The Morgan fingerprint density at radius 3 is 2.48 bits per heavy atom. The Morgan fingerprint density at radius 1 is 1.08 bits per heavy atom. The predicted octanol–water partition coefficient (Wildman–Crippen LogP) is 6.36. The van der Waals surface area contributed by atoms with Crippen molar-refractivity contribution in [3.8, 4) is 21.7 Å². The SMILES string of the molecule is CC(C)NC(=O)Nc1ccc(-c2ccc3c(c2)c(=O)c(C(=O)NCCN(C)C)cn3CCC2CCN(C)CC2)c(-c2nc(C(F)(F)F)cs2)c1. The summed E-state index contributed by atoms with van der Waals surface area (Å²) < 4.78 is 42.8. The third kappa shape index (κ3) is 9.09. The molecule has 0 radical (unpaired) electrons. The van der Waals surface area contributed by atoms with Crippen LogP contribution >= 0.6 is 11.3 Å². The maximum absolute atomic E-state index is 14.0. The maximum Gasteiger partial charge on any atom is 0.434 e. The molecule has 1 fully saturated rings. The highest BCUT2D eigenvalue weighted by atomic mass is 32.1. The van der Waals surface area contributed by atoms with E-state index in [4.69, 9.17) is 0 Å². The van der Waals surface area contributed by atoms with Crippen LogP contribution in [-0.4, -0.2) is 84.7 Å². The van der Waals surface area contributed by atoms with Gasteiger partial charge in [0.25, 0.3) is 5.91 Å². The van der Waals surface area contributed by atoms with E-state index < -0.39 is 29.2 Å². The number of likely N-dealkylation sites (N-methyl/N-ethyl adjacent to an activating group) is 1. The molecule has 3 N–H and O–H groups in total. The number of piperidine rings is 1. The number of carbonyl (C=O) groups excluding carboxylic acids is 2. The number of nitrogens with one attached hydrogen (secondary N) is 3. The highest BCUT2D eigenvalue weighted by Crippen LogP contribution is 2.39. The van der Waals surface area contributed by atoms with Crippen LogP contribution in [-0.2, 0) is 12.7 Å². The molecule has 0 aliphatic carbocycles. The molecular formula is C36H44F3N7O3S. The number of thiazole rings is 1. The van der Waals surface area contributed by atoms with E-state index in [1.165, 1.54) is 0 Å². The van der Waals surface area contributed by atoms with Crippen LogP contribution in [0, 0.1) is 5.92 Å². The van der Waals surface area contributed by atoms with Crippen LogP contribution in [0.15, 0.2) is 52.8 Å². The van der Waals surface area contributed by atoms with E-state index in [0.717, 1.165) is 49.1 Å². The fourth-order valence-corrected chi connectivity index (χ4v) is 6.94. The van der Waals surface area contributed by atoms with Crippen molar-refractivity contribution >= 4 is 39.9 Å². The van der Waals surface area contributed by atoms with Gasteiger partial charge < -0.3 is 30.3 Å². The molecule has 4 aromatic rings. The van der Waals surface area contributed by atoms with Crippen molar-refractivity contribution in [3.63, 3.8) is 0 Å². The van der Waals surface area contributed by atoms with Crippen LogP contribution < -0.4 is 21.4 Å². The van der Waals surface area contributed by atoms with Gasteiger partial charge in [-0.15, -0.1) is 11.3 Å². The van der Waals surface area contributed by atoms with Gasteiger partial charge in [0.15, 0.2) is 5.69 Å². The maximum atomic E-state index is 14.0. The summed E-state index contributed by atoms with van der Waals surface area (Å²) in [6.07, 6.45) is 0.0654. The molecule has 1 aliphatic heterocycles. The number of alkyl halides is 3. The van der Waals surface area contributed by atoms with Crippen molar-refractivity contribution in [2.45, 2.75) is 51.9 Å². The van der Waals surface area contributed by atoms with Crippen LogP contribution in [0.4, 0.5) is 23.7 Å². The van der Waals surface area contributed by atoms with Gasteiger partial charge in [0.05, 0.1) is 5.52 Å². The van der Waals surface area contributed by atoms with Gasteiger partial charge in [-0.05, 0) is 109 Å². The molecule has 10 nitrogen and oxygen atoms in total. The van der Waals surface area contributed by atoms with Crippen molar-refractivity contribution in [3.05, 3.63) is 69.5 Å². The number of likely N-dealkylation sites (tertiary alicyclic amines) is 1. The lowest BCUT2D eigenvalue weighted by Gasteiger charge is -2.29. The number of benzene rings is 2.